The maximum absolute atomic E-state index is 12.5. The number of rotatable bonds is 6. The van der Waals surface area contributed by atoms with Crippen molar-refractivity contribution in [3.8, 4) is 5.75 Å². The number of aryl methyl sites for hydroxylation is 2. The zero-order valence-corrected chi connectivity index (χ0v) is 14.8. The van der Waals surface area contributed by atoms with Gasteiger partial charge in [-0.15, -0.1) is 0 Å². The predicted molar refractivity (Wildman–Crippen MR) is 92.3 cm³/mol. The third-order valence-corrected chi connectivity index (χ3v) is 5.36. The molecule has 0 heterocycles. The lowest BCUT2D eigenvalue weighted by Gasteiger charge is -2.16. The number of hydrogen-bond donors (Lipinski definition) is 1. The van der Waals surface area contributed by atoms with Crippen molar-refractivity contribution in [3.05, 3.63) is 59.2 Å². The molecule has 1 unspecified atom stereocenters. The number of sulfonamides is 1. The molecule has 2 aromatic carbocycles. The molecule has 0 aliphatic heterocycles. The summed E-state index contributed by atoms with van der Waals surface area (Å²) in [5.41, 5.74) is 3.28. The molecule has 0 spiro atoms. The minimum absolute atomic E-state index is 0.233. The molecule has 0 fully saturated rings. The molecule has 0 bridgehead atoms. The highest BCUT2D eigenvalue weighted by Gasteiger charge is 2.18. The van der Waals surface area contributed by atoms with Gasteiger partial charge in [0.05, 0.1) is 11.5 Å². The lowest BCUT2D eigenvalue weighted by molar-refractivity contribution is 0.340. The van der Waals surface area contributed by atoms with E-state index < -0.39 is 10.0 Å². The molecule has 23 heavy (non-hydrogen) atoms. The Morgan fingerprint density at radius 1 is 1.04 bits per heavy atom. The molecule has 0 amide bonds. The van der Waals surface area contributed by atoms with Gasteiger partial charge in [-0.3, -0.25) is 0 Å². The number of nitrogens with one attached hydrogen (secondary N) is 1. The van der Waals surface area contributed by atoms with Crippen LogP contribution in [-0.2, 0) is 10.0 Å². The van der Waals surface area contributed by atoms with Crippen molar-refractivity contribution in [2.45, 2.75) is 38.6 Å². The highest BCUT2D eigenvalue weighted by molar-refractivity contribution is 7.89. The fourth-order valence-corrected chi connectivity index (χ4v) is 3.52. The van der Waals surface area contributed by atoms with Gasteiger partial charge in [0.1, 0.15) is 5.75 Å². The van der Waals surface area contributed by atoms with Gasteiger partial charge >= 0.3 is 0 Å². The summed E-state index contributed by atoms with van der Waals surface area (Å²) >= 11 is 0. The van der Waals surface area contributed by atoms with Gasteiger partial charge in [0.2, 0.25) is 10.0 Å². The number of hydrogen-bond acceptors (Lipinski definition) is 3. The van der Waals surface area contributed by atoms with Crippen LogP contribution in [0.4, 0.5) is 0 Å². The maximum Gasteiger partial charge on any atom is 0.241 e. The fraction of sp³-hybridized carbons (Fsp3) is 0.333. The third kappa shape index (κ3) is 4.33. The van der Waals surface area contributed by atoms with E-state index in [0.717, 1.165) is 11.1 Å². The lowest BCUT2D eigenvalue weighted by Crippen LogP contribution is -2.27. The van der Waals surface area contributed by atoms with Gasteiger partial charge in [0, 0.05) is 6.04 Å². The van der Waals surface area contributed by atoms with Crippen molar-refractivity contribution in [1.82, 2.24) is 4.72 Å². The Labute approximate surface area is 138 Å². The van der Waals surface area contributed by atoms with Gasteiger partial charge in [0.15, 0.2) is 0 Å². The van der Waals surface area contributed by atoms with Crippen molar-refractivity contribution in [2.75, 3.05) is 6.61 Å². The van der Waals surface area contributed by atoms with Crippen LogP contribution in [0.5, 0.6) is 5.75 Å². The van der Waals surface area contributed by atoms with Crippen LogP contribution in [0, 0.1) is 13.8 Å². The predicted octanol–water partition coefficient (Wildman–Crippen LogP) is 3.74. The van der Waals surface area contributed by atoms with Gasteiger partial charge in [0.25, 0.3) is 0 Å². The Morgan fingerprint density at radius 3 is 2.26 bits per heavy atom. The first-order valence-corrected chi connectivity index (χ1v) is 9.14. The molecule has 2 aromatic rings. The largest absolute Gasteiger partial charge is 0.494 e. The standard InChI is InChI=1S/C18H23NO3S/c1-5-22-17-8-10-18(11-9-17)23(20,21)19-15(4)16-7-6-13(2)14(3)12-16/h6-12,15,19H,5H2,1-4H3. The maximum atomic E-state index is 12.5. The van der Waals surface area contributed by atoms with Gasteiger partial charge in [-0.25, -0.2) is 13.1 Å². The highest BCUT2D eigenvalue weighted by atomic mass is 32.2. The van der Waals surface area contributed by atoms with Crippen molar-refractivity contribution in [2.24, 2.45) is 0 Å². The summed E-state index contributed by atoms with van der Waals surface area (Å²) in [4.78, 5) is 0.233. The lowest BCUT2D eigenvalue weighted by atomic mass is 10.0. The molecule has 5 heteroatoms. The Bertz CT molecular complexity index is 767. The smallest absolute Gasteiger partial charge is 0.241 e. The molecule has 4 nitrogen and oxygen atoms in total. The first kappa shape index (κ1) is 17.5. The average molecular weight is 333 g/mol. The summed E-state index contributed by atoms with van der Waals surface area (Å²) in [7, 11) is -3.57. The van der Waals surface area contributed by atoms with E-state index in [2.05, 4.69) is 4.72 Å². The van der Waals surface area contributed by atoms with Crippen LogP contribution in [0.15, 0.2) is 47.4 Å². The zero-order valence-electron chi connectivity index (χ0n) is 14.0. The third-order valence-electron chi connectivity index (χ3n) is 3.81. The van der Waals surface area contributed by atoms with Crippen LogP contribution >= 0.6 is 0 Å². The molecule has 124 valence electrons. The van der Waals surface area contributed by atoms with E-state index >= 15 is 0 Å². The molecular formula is C18H23NO3S. The summed E-state index contributed by atoms with van der Waals surface area (Å²) in [6.07, 6.45) is 0. The van der Waals surface area contributed by atoms with E-state index in [1.807, 2.05) is 45.9 Å². The Kier molecular flexibility index (Phi) is 5.44. The van der Waals surface area contributed by atoms with Crippen LogP contribution in [0.25, 0.3) is 0 Å². The molecule has 0 aliphatic rings. The molecule has 1 N–H and O–H groups in total. The first-order valence-electron chi connectivity index (χ1n) is 7.66. The normalized spacial score (nSPS) is 12.9. The number of ether oxygens (including phenoxy) is 1. The van der Waals surface area contributed by atoms with E-state index in [9.17, 15) is 8.42 Å². The van der Waals surface area contributed by atoms with Crippen LogP contribution in [0.1, 0.15) is 36.6 Å². The monoisotopic (exact) mass is 333 g/mol. The average Bonchev–Trinajstić information content (AvgIpc) is 2.50. The Morgan fingerprint density at radius 2 is 1.70 bits per heavy atom. The summed E-state index contributed by atoms with van der Waals surface area (Å²) in [5, 5.41) is 0. The highest BCUT2D eigenvalue weighted by Crippen LogP contribution is 2.21. The van der Waals surface area contributed by atoms with Crippen LogP contribution in [0.3, 0.4) is 0 Å². The quantitative estimate of drug-likeness (QED) is 0.876. The van der Waals surface area contributed by atoms with E-state index in [4.69, 9.17) is 4.74 Å². The molecule has 0 aliphatic carbocycles. The van der Waals surface area contributed by atoms with E-state index in [1.165, 1.54) is 5.56 Å². The minimum Gasteiger partial charge on any atom is -0.494 e. The summed E-state index contributed by atoms with van der Waals surface area (Å²) in [5.74, 6) is 0.661. The minimum atomic E-state index is -3.57. The molecule has 1 atom stereocenters. The van der Waals surface area contributed by atoms with Gasteiger partial charge in [-0.05, 0) is 68.7 Å². The van der Waals surface area contributed by atoms with Crippen molar-refractivity contribution in [1.29, 1.82) is 0 Å². The molecule has 2 rings (SSSR count). The topological polar surface area (TPSA) is 55.4 Å². The van der Waals surface area contributed by atoms with Crippen molar-refractivity contribution >= 4 is 10.0 Å². The SMILES string of the molecule is CCOc1ccc(S(=O)(=O)NC(C)c2ccc(C)c(C)c2)cc1. The fourth-order valence-electron chi connectivity index (χ4n) is 2.28. The van der Waals surface area contributed by atoms with E-state index in [0.29, 0.717) is 12.4 Å². The number of benzene rings is 2. The van der Waals surface area contributed by atoms with Crippen LogP contribution in [-0.4, -0.2) is 15.0 Å². The van der Waals surface area contributed by atoms with E-state index in [-0.39, 0.29) is 10.9 Å². The van der Waals surface area contributed by atoms with Gasteiger partial charge < -0.3 is 4.74 Å². The van der Waals surface area contributed by atoms with Crippen LogP contribution in [0.2, 0.25) is 0 Å². The van der Waals surface area contributed by atoms with Crippen LogP contribution < -0.4 is 9.46 Å². The van der Waals surface area contributed by atoms with Gasteiger partial charge in [-0.1, -0.05) is 18.2 Å². The Balaban J connectivity index is 2.17. The molecule has 0 saturated carbocycles. The first-order chi connectivity index (χ1) is 10.8. The summed E-state index contributed by atoms with van der Waals surface area (Å²) in [6, 6.07) is 12.1. The molecule has 0 radical (unpaired) electrons. The molecule has 0 saturated heterocycles. The second kappa shape index (κ2) is 7.15. The van der Waals surface area contributed by atoms with Crippen molar-refractivity contribution in [3.63, 3.8) is 0 Å². The Hall–Kier alpha value is -1.85. The van der Waals surface area contributed by atoms with E-state index in [1.54, 1.807) is 24.3 Å². The second-order valence-electron chi connectivity index (χ2n) is 5.59. The molecular weight excluding hydrogens is 310 g/mol. The zero-order chi connectivity index (χ0) is 17.0. The molecule has 0 aromatic heterocycles. The van der Waals surface area contributed by atoms with Crippen molar-refractivity contribution < 1.29 is 13.2 Å². The second-order valence-corrected chi connectivity index (χ2v) is 7.31. The van der Waals surface area contributed by atoms with Gasteiger partial charge in [-0.2, -0.15) is 0 Å². The summed E-state index contributed by atoms with van der Waals surface area (Å²) < 4.78 is 33.0. The summed E-state index contributed by atoms with van der Waals surface area (Å²) in [6.45, 7) is 8.34.